The van der Waals surface area contributed by atoms with E-state index in [0.29, 0.717) is 0 Å². The van der Waals surface area contributed by atoms with Crippen LogP contribution in [0.1, 0.15) is 128 Å². The summed E-state index contributed by atoms with van der Waals surface area (Å²) >= 11 is 0. The third-order valence-corrected chi connectivity index (χ3v) is 22.9. The molecule has 0 N–H and O–H groups in total. The van der Waals surface area contributed by atoms with Crippen LogP contribution in [-0.2, 0) is 27.1 Å². The molecule has 0 aliphatic heterocycles. The van der Waals surface area contributed by atoms with Crippen molar-refractivity contribution >= 4 is 0 Å². The Balaban J connectivity index is 1.02. The molecule has 0 nitrogen and oxygen atoms in total. The molecule has 440 valence electrons. The van der Waals surface area contributed by atoms with E-state index in [9.17, 15) is 0 Å². The van der Waals surface area contributed by atoms with Crippen LogP contribution in [0.4, 0.5) is 0 Å². The van der Waals surface area contributed by atoms with Gasteiger partial charge < -0.3 is 0 Å². The first-order chi connectivity index (χ1) is 44.6. The number of rotatable bonds is 7. The molecule has 0 unspecified atom stereocenters. The first-order valence-corrected chi connectivity index (χ1v) is 33.1. The van der Waals surface area contributed by atoms with Crippen LogP contribution in [0.25, 0.3) is 111 Å². The van der Waals surface area contributed by atoms with E-state index >= 15 is 0 Å². The van der Waals surface area contributed by atoms with Gasteiger partial charge in [-0.2, -0.15) is 0 Å². The van der Waals surface area contributed by atoms with Crippen LogP contribution >= 0.6 is 0 Å². The van der Waals surface area contributed by atoms with E-state index < -0.39 is 5.41 Å². The highest BCUT2D eigenvalue weighted by Crippen LogP contribution is 2.63. The fourth-order valence-electron chi connectivity index (χ4n) is 18.5. The highest BCUT2D eigenvalue weighted by atomic mass is 14.5. The van der Waals surface area contributed by atoms with Crippen molar-refractivity contribution in [2.45, 2.75) is 89.4 Å². The predicted molar refractivity (Wildman–Crippen MR) is 386 cm³/mol. The standard InChI is InChI=1S/C92H72/c1-55-27-10-11-28-62(55)67-38-26-48-82-87(67)72-33-16-21-43-77(72)92(82,60-51-56(63-34-22-44-78-83(63)68-29-12-17-39-73(68)88(78,2)3)49-57(52-60)64-35-23-45-79-84(64)69-30-13-18-40-74(69)89(79,4)5)61-53-58(65-36-24-46-80-85(65)70-31-14-19-41-75(70)90(80,6)7)50-59(54-61)66-37-25-47-81-86(66)71-32-15-20-42-76(71)91(81,8)9/h10-54H,1-9H3. The lowest BCUT2D eigenvalue weighted by atomic mass is 9.65. The van der Waals surface area contributed by atoms with Gasteiger partial charge in [0, 0.05) is 21.7 Å². The first-order valence-electron chi connectivity index (χ1n) is 33.1. The summed E-state index contributed by atoms with van der Waals surface area (Å²) in [6.07, 6.45) is 0. The van der Waals surface area contributed by atoms with Crippen molar-refractivity contribution in [1.29, 1.82) is 0 Å². The monoisotopic (exact) mass is 1180 g/mol. The zero-order valence-electron chi connectivity index (χ0n) is 54.0. The normalized spacial score (nSPS) is 15.9. The molecule has 0 atom stereocenters. The molecule has 5 aliphatic rings. The summed E-state index contributed by atoms with van der Waals surface area (Å²) in [6, 6.07) is 107. The molecule has 0 heteroatoms. The molecule has 0 bridgehead atoms. The Kier molecular flexibility index (Phi) is 11.4. The van der Waals surface area contributed by atoms with Crippen LogP contribution in [-0.4, -0.2) is 0 Å². The number of hydrogen-bond donors (Lipinski definition) is 0. The van der Waals surface area contributed by atoms with Crippen LogP contribution in [0, 0.1) is 6.92 Å². The Morgan fingerprint density at radius 1 is 0.185 bits per heavy atom. The smallest absolute Gasteiger partial charge is 0.0620 e. The van der Waals surface area contributed by atoms with Gasteiger partial charge in [-0.05, 0) is 227 Å². The topological polar surface area (TPSA) is 0 Å². The van der Waals surface area contributed by atoms with Crippen molar-refractivity contribution in [3.8, 4) is 111 Å². The van der Waals surface area contributed by atoms with Crippen molar-refractivity contribution in [3.63, 3.8) is 0 Å². The highest BCUT2D eigenvalue weighted by Gasteiger charge is 2.49. The average Bonchev–Trinajstić information content (AvgIpc) is 1.48. The minimum absolute atomic E-state index is 0.189. The molecule has 0 heterocycles. The maximum absolute atomic E-state index is 2.63. The molecule has 0 spiro atoms. The van der Waals surface area contributed by atoms with Crippen LogP contribution < -0.4 is 0 Å². The molecule has 0 saturated heterocycles. The van der Waals surface area contributed by atoms with Gasteiger partial charge in [0.2, 0.25) is 0 Å². The van der Waals surface area contributed by atoms with Gasteiger partial charge in [0.05, 0.1) is 5.41 Å². The van der Waals surface area contributed by atoms with Crippen molar-refractivity contribution in [2.24, 2.45) is 0 Å². The van der Waals surface area contributed by atoms with E-state index in [1.54, 1.807) is 0 Å². The molecular weight excluding hydrogens is 1110 g/mol. The zero-order valence-corrected chi connectivity index (χ0v) is 54.0. The van der Waals surface area contributed by atoms with Crippen molar-refractivity contribution in [1.82, 2.24) is 0 Å². The molecule has 0 saturated carbocycles. The first kappa shape index (κ1) is 54.8. The third kappa shape index (κ3) is 7.24. The average molecular weight is 1180 g/mol. The van der Waals surface area contributed by atoms with Crippen molar-refractivity contribution in [3.05, 3.63) is 345 Å². The Labute approximate surface area is 542 Å². The number of aryl methyl sites for hydroxylation is 1. The fourth-order valence-corrected chi connectivity index (χ4v) is 18.5. The van der Waals surface area contributed by atoms with Crippen LogP contribution in [0.2, 0.25) is 0 Å². The zero-order chi connectivity index (χ0) is 62.4. The number of hydrogen-bond acceptors (Lipinski definition) is 0. The van der Waals surface area contributed by atoms with Gasteiger partial charge in [0.1, 0.15) is 0 Å². The lowest BCUT2D eigenvalue weighted by molar-refractivity contribution is 0.660. The Morgan fingerprint density at radius 3 is 0.739 bits per heavy atom. The van der Waals surface area contributed by atoms with E-state index in [1.165, 1.54) is 184 Å². The van der Waals surface area contributed by atoms with Gasteiger partial charge in [-0.15, -0.1) is 0 Å². The second-order valence-corrected chi connectivity index (χ2v) is 29.0. The van der Waals surface area contributed by atoms with Gasteiger partial charge in [-0.3, -0.25) is 0 Å². The second-order valence-electron chi connectivity index (χ2n) is 29.0. The van der Waals surface area contributed by atoms with E-state index in [-0.39, 0.29) is 21.7 Å². The molecule has 0 fully saturated rings. The van der Waals surface area contributed by atoms with E-state index in [1.807, 2.05) is 0 Å². The molecule has 18 rings (SSSR count). The summed E-state index contributed by atoms with van der Waals surface area (Å²) in [5.74, 6) is 0. The minimum atomic E-state index is -0.880. The van der Waals surface area contributed by atoms with Crippen LogP contribution in [0.5, 0.6) is 0 Å². The van der Waals surface area contributed by atoms with Gasteiger partial charge in [0.25, 0.3) is 0 Å². The van der Waals surface area contributed by atoms with Crippen molar-refractivity contribution in [2.75, 3.05) is 0 Å². The van der Waals surface area contributed by atoms with E-state index in [2.05, 4.69) is 335 Å². The summed E-state index contributed by atoms with van der Waals surface area (Å²) in [7, 11) is 0. The molecule has 5 aliphatic carbocycles. The summed E-state index contributed by atoms with van der Waals surface area (Å²) in [5, 5.41) is 0. The molecule has 13 aromatic rings. The molecule has 13 aromatic carbocycles. The molecule has 0 aromatic heterocycles. The number of fused-ring (bicyclic) bond motifs is 15. The minimum Gasteiger partial charge on any atom is -0.0620 e. The predicted octanol–water partition coefficient (Wildman–Crippen LogP) is 23.9. The summed E-state index contributed by atoms with van der Waals surface area (Å²) in [4.78, 5) is 0. The lowest BCUT2D eigenvalue weighted by Crippen LogP contribution is -2.29. The maximum atomic E-state index is 2.63. The quantitative estimate of drug-likeness (QED) is 0.149. The summed E-state index contributed by atoms with van der Waals surface area (Å²) in [6.45, 7) is 21.6. The largest absolute Gasteiger partial charge is 0.0714 e. The second kappa shape index (κ2) is 19.2. The molecular formula is C92H72. The molecule has 0 amide bonds. The Bertz CT molecular complexity index is 4840. The van der Waals surface area contributed by atoms with E-state index in [4.69, 9.17) is 0 Å². The highest BCUT2D eigenvalue weighted by molar-refractivity contribution is 6.02. The van der Waals surface area contributed by atoms with Crippen LogP contribution in [0.3, 0.4) is 0 Å². The van der Waals surface area contributed by atoms with Gasteiger partial charge in [0.15, 0.2) is 0 Å². The Hall–Kier alpha value is -10.1. The number of benzene rings is 13. The molecule has 92 heavy (non-hydrogen) atoms. The maximum Gasteiger partial charge on any atom is 0.0714 e. The van der Waals surface area contributed by atoms with Crippen molar-refractivity contribution < 1.29 is 0 Å². The third-order valence-electron chi connectivity index (χ3n) is 22.9. The van der Waals surface area contributed by atoms with Crippen LogP contribution in [0.15, 0.2) is 273 Å². The van der Waals surface area contributed by atoms with Gasteiger partial charge in [-0.25, -0.2) is 0 Å². The van der Waals surface area contributed by atoms with E-state index in [0.717, 1.165) is 0 Å². The summed E-state index contributed by atoms with van der Waals surface area (Å²) in [5.41, 5.74) is 41.1. The fraction of sp³-hybridized carbons (Fsp3) is 0.152. The summed E-state index contributed by atoms with van der Waals surface area (Å²) < 4.78 is 0. The van der Waals surface area contributed by atoms with Gasteiger partial charge in [-0.1, -0.05) is 292 Å². The molecule has 0 radical (unpaired) electrons. The SMILES string of the molecule is Cc1ccccc1-c1cccc2c1-c1ccccc1C2(c1cc(-c2cccc3c2-c2ccccc2C3(C)C)cc(-c2cccc3c2-c2ccccc2C3(C)C)c1)c1cc(-c2cccc3c2-c2ccccc2C3(C)C)cc(-c2cccc3c2-c2ccccc2C3(C)C)c1. The van der Waals surface area contributed by atoms with Gasteiger partial charge >= 0.3 is 0 Å². The Morgan fingerprint density at radius 2 is 0.413 bits per heavy atom. The lowest BCUT2D eigenvalue weighted by Gasteiger charge is -2.36.